The molecule has 0 unspecified atom stereocenters. The fourth-order valence-electron chi connectivity index (χ4n) is 5.73. The summed E-state index contributed by atoms with van der Waals surface area (Å²) in [6, 6.07) is 19.5. The average Bonchev–Trinajstić information content (AvgIpc) is 3.50. The van der Waals surface area contributed by atoms with Gasteiger partial charge in [-0.1, -0.05) is 48.5 Å². The number of hydrogen-bond acceptors (Lipinski definition) is 6. The van der Waals surface area contributed by atoms with Gasteiger partial charge >= 0.3 is 12.4 Å². The summed E-state index contributed by atoms with van der Waals surface area (Å²) < 4.78 is 80.3. The second kappa shape index (κ2) is 10.2. The second-order valence-corrected chi connectivity index (χ2v) is 10.4. The molecule has 0 spiro atoms. The second-order valence-electron chi connectivity index (χ2n) is 10.4. The van der Waals surface area contributed by atoms with E-state index in [1.165, 1.54) is 12.1 Å². The van der Waals surface area contributed by atoms with Crippen molar-refractivity contribution in [2.45, 2.75) is 12.4 Å². The Hall–Kier alpha value is -6.14. The summed E-state index contributed by atoms with van der Waals surface area (Å²) in [5.41, 5.74) is 1.07. The molecule has 0 saturated carbocycles. The Balaban J connectivity index is 1.48. The van der Waals surface area contributed by atoms with E-state index in [9.17, 15) is 36.9 Å². The van der Waals surface area contributed by atoms with E-state index in [2.05, 4.69) is 9.98 Å². The van der Waals surface area contributed by atoms with Gasteiger partial charge in [0.2, 0.25) is 12.4 Å². The van der Waals surface area contributed by atoms with Crippen molar-refractivity contribution in [1.29, 1.82) is 10.5 Å². The highest BCUT2D eigenvalue weighted by molar-refractivity contribution is 6.15. The minimum Gasteiger partial charge on any atom is -0.241 e. The Morgan fingerprint density at radius 3 is 1.24 bits per heavy atom. The van der Waals surface area contributed by atoms with Gasteiger partial charge in [-0.15, -0.1) is 0 Å². The minimum absolute atomic E-state index is 0.171. The van der Waals surface area contributed by atoms with Crippen LogP contribution in [0.25, 0.3) is 65.9 Å². The van der Waals surface area contributed by atoms with E-state index in [-0.39, 0.29) is 21.7 Å². The molecular weight excluding hydrogens is 606 g/mol. The SMILES string of the molecule is N#CN=c1c2cc(-c3cccc(C(F)(F)F)c3)ccc2c2nc3c(=NC#N)c4cc(-c5cccc(C(F)(F)F)c5)ccc4c3nc12. The molecule has 222 valence electrons. The number of fused-ring (bicyclic) bond motifs is 6. The first-order chi connectivity index (χ1) is 22.0. The summed E-state index contributed by atoms with van der Waals surface area (Å²) in [5, 5.41) is 21.3. The van der Waals surface area contributed by atoms with Crippen molar-refractivity contribution < 1.29 is 26.3 Å². The molecule has 6 nitrogen and oxygen atoms in total. The van der Waals surface area contributed by atoms with Crippen LogP contribution in [0.2, 0.25) is 0 Å². The molecule has 0 aliphatic carbocycles. The number of hydrogen-bond donors (Lipinski definition) is 0. The van der Waals surface area contributed by atoms with Gasteiger partial charge in [0.05, 0.1) is 22.2 Å². The first-order valence-corrected chi connectivity index (χ1v) is 13.5. The molecule has 0 bridgehead atoms. The lowest BCUT2D eigenvalue weighted by molar-refractivity contribution is -0.138. The number of halogens is 6. The molecule has 12 heteroatoms. The normalized spacial score (nSPS) is 13.2. The number of aromatic nitrogens is 2. The molecule has 1 aromatic heterocycles. The molecule has 1 heterocycles. The smallest absolute Gasteiger partial charge is 0.241 e. The molecule has 7 aromatic rings. The molecule has 0 atom stereocenters. The molecule has 0 amide bonds. The van der Waals surface area contributed by atoms with E-state index < -0.39 is 23.5 Å². The summed E-state index contributed by atoms with van der Waals surface area (Å²) in [5.74, 6) is 0. The Morgan fingerprint density at radius 2 is 0.870 bits per heavy atom. The van der Waals surface area contributed by atoms with Gasteiger partial charge in [0.15, 0.2) is 0 Å². The Morgan fingerprint density at radius 1 is 0.478 bits per heavy atom. The molecule has 0 radical (unpaired) electrons. The fraction of sp³-hybridized carbons (Fsp3) is 0.0588. The van der Waals surface area contributed by atoms with Gasteiger partial charge in [-0.25, -0.2) is 9.97 Å². The summed E-state index contributed by atoms with van der Waals surface area (Å²) in [4.78, 5) is 17.5. The standard InChI is InChI=1S/C34H14F6N6/c35-33(36,37)21-5-1-3-17(11-21)19-7-9-23-25(13-19)27(43-15-41)31-29(23)45-32-28(44-16-42)26-14-20(8-10-24(26)30(32)46-31)18-4-2-6-22(12-18)34(38,39)40/h1-14H. The van der Waals surface area contributed by atoms with Crippen molar-refractivity contribution in [2.75, 3.05) is 0 Å². The topological polar surface area (TPSA) is 98.1 Å². The Kier molecular flexibility index (Phi) is 6.35. The third-order valence-corrected chi connectivity index (χ3v) is 7.77. The van der Waals surface area contributed by atoms with Crippen molar-refractivity contribution >= 4 is 43.6 Å². The molecule has 0 aliphatic rings. The lowest BCUT2D eigenvalue weighted by atomic mass is 10.0. The first kappa shape index (κ1) is 28.6. The van der Waals surface area contributed by atoms with Gasteiger partial charge in [-0.05, 0) is 58.7 Å². The zero-order valence-corrected chi connectivity index (χ0v) is 23.0. The summed E-state index contributed by atoms with van der Waals surface area (Å²) in [6.07, 6.45) is -5.54. The van der Waals surface area contributed by atoms with Crippen LogP contribution in [0, 0.1) is 22.9 Å². The molecule has 46 heavy (non-hydrogen) atoms. The Labute approximate surface area is 254 Å². The zero-order chi connectivity index (χ0) is 32.4. The quantitative estimate of drug-likeness (QED) is 0.144. The van der Waals surface area contributed by atoms with E-state index in [0.717, 1.165) is 24.3 Å². The van der Waals surface area contributed by atoms with Crippen molar-refractivity contribution in [1.82, 2.24) is 9.97 Å². The molecular formula is C34H14F6N6. The third kappa shape index (κ3) is 4.59. The first-order valence-electron chi connectivity index (χ1n) is 13.5. The number of rotatable bonds is 2. The summed E-state index contributed by atoms with van der Waals surface area (Å²) in [7, 11) is 0. The minimum atomic E-state index is -4.53. The number of alkyl halides is 6. The van der Waals surface area contributed by atoms with Crippen LogP contribution in [0.3, 0.4) is 0 Å². The van der Waals surface area contributed by atoms with Crippen molar-refractivity contribution in [3.63, 3.8) is 0 Å². The highest BCUT2D eigenvalue weighted by Gasteiger charge is 2.31. The Bertz CT molecular complexity index is 2410. The maximum Gasteiger partial charge on any atom is 0.416 e. The molecule has 0 aliphatic heterocycles. The van der Waals surface area contributed by atoms with Gasteiger partial charge in [0.1, 0.15) is 21.7 Å². The number of nitriles is 2. The predicted molar refractivity (Wildman–Crippen MR) is 158 cm³/mol. The monoisotopic (exact) mass is 620 g/mol. The maximum atomic E-state index is 13.4. The van der Waals surface area contributed by atoms with E-state index in [1.807, 2.05) is 0 Å². The fourth-order valence-corrected chi connectivity index (χ4v) is 5.73. The molecule has 0 saturated heterocycles. The zero-order valence-electron chi connectivity index (χ0n) is 23.0. The van der Waals surface area contributed by atoms with Gasteiger partial charge in [-0.3, -0.25) is 0 Å². The van der Waals surface area contributed by atoms with Crippen LogP contribution in [0.5, 0.6) is 0 Å². The lowest BCUT2D eigenvalue weighted by Gasteiger charge is -2.09. The van der Waals surface area contributed by atoms with Crippen LogP contribution in [0.4, 0.5) is 26.3 Å². The molecule has 0 N–H and O–H groups in total. The summed E-state index contributed by atoms with van der Waals surface area (Å²) >= 11 is 0. The molecule has 6 aromatic carbocycles. The van der Waals surface area contributed by atoms with Crippen molar-refractivity contribution in [3.8, 4) is 34.6 Å². The van der Waals surface area contributed by atoms with Crippen molar-refractivity contribution in [2.24, 2.45) is 9.98 Å². The van der Waals surface area contributed by atoms with E-state index in [4.69, 9.17) is 9.97 Å². The van der Waals surface area contributed by atoms with Crippen LogP contribution < -0.4 is 10.7 Å². The van der Waals surface area contributed by atoms with E-state index in [0.29, 0.717) is 54.8 Å². The predicted octanol–water partition coefficient (Wildman–Crippen LogP) is 8.10. The van der Waals surface area contributed by atoms with E-state index in [1.54, 1.807) is 60.9 Å². The highest BCUT2D eigenvalue weighted by Crippen LogP contribution is 2.36. The summed E-state index contributed by atoms with van der Waals surface area (Å²) in [6.45, 7) is 0. The lowest BCUT2D eigenvalue weighted by Crippen LogP contribution is -2.04. The number of nitrogens with zero attached hydrogens (tertiary/aromatic N) is 6. The number of benzene rings is 4. The van der Waals surface area contributed by atoms with Gasteiger partial charge in [0.25, 0.3) is 0 Å². The largest absolute Gasteiger partial charge is 0.416 e. The highest BCUT2D eigenvalue weighted by atomic mass is 19.4. The molecule has 0 fully saturated rings. The molecule has 7 rings (SSSR count). The van der Waals surface area contributed by atoms with Crippen LogP contribution in [0.15, 0.2) is 94.9 Å². The average molecular weight is 621 g/mol. The maximum absolute atomic E-state index is 13.4. The van der Waals surface area contributed by atoms with Gasteiger partial charge in [0, 0.05) is 21.5 Å². The van der Waals surface area contributed by atoms with Gasteiger partial charge < -0.3 is 0 Å². The van der Waals surface area contributed by atoms with Crippen LogP contribution >= 0.6 is 0 Å². The van der Waals surface area contributed by atoms with Crippen LogP contribution in [-0.4, -0.2) is 9.97 Å². The third-order valence-electron chi connectivity index (χ3n) is 7.77. The van der Waals surface area contributed by atoms with Crippen molar-refractivity contribution in [3.05, 3.63) is 107 Å². The van der Waals surface area contributed by atoms with Crippen LogP contribution in [0.1, 0.15) is 11.1 Å². The van der Waals surface area contributed by atoms with Crippen LogP contribution in [-0.2, 0) is 12.4 Å². The van der Waals surface area contributed by atoms with Gasteiger partial charge in [-0.2, -0.15) is 46.9 Å². The van der Waals surface area contributed by atoms with E-state index >= 15 is 0 Å².